The second-order valence-electron chi connectivity index (χ2n) is 6.74. The van der Waals surface area contributed by atoms with Crippen LogP contribution in [0.5, 0.6) is 0 Å². The fraction of sp³-hybridized carbons (Fsp3) is 0.263. The molecule has 1 amide bonds. The van der Waals surface area contributed by atoms with Crippen molar-refractivity contribution in [2.45, 2.75) is 20.0 Å². The minimum atomic E-state index is -0.0317. The van der Waals surface area contributed by atoms with Gasteiger partial charge in [0, 0.05) is 18.1 Å². The van der Waals surface area contributed by atoms with Gasteiger partial charge in [0.1, 0.15) is 11.5 Å². The maximum Gasteiger partial charge on any atom is 0.243 e. The van der Waals surface area contributed by atoms with Crippen molar-refractivity contribution in [3.05, 3.63) is 58.5 Å². The van der Waals surface area contributed by atoms with Gasteiger partial charge in [0.2, 0.25) is 5.91 Å². The summed E-state index contributed by atoms with van der Waals surface area (Å²) in [6, 6.07) is 9.61. The Hall–Kier alpha value is -3.13. The summed E-state index contributed by atoms with van der Waals surface area (Å²) in [7, 11) is 1.89. The molecule has 0 spiro atoms. The molecule has 0 unspecified atom stereocenters. The number of hydrogen-bond donors (Lipinski definition) is 2. The highest BCUT2D eigenvalue weighted by Gasteiger charge is 2.22. The van der Waals surface area contributed by atoms with Crippen molar-refractivity contribution in [2.75, 3.05) is 29.1 Å². The lowest BCUT2D eigenvalue weighted by molar-refractivity contribution is -0.115. The molecule has 1 aliphatic heterocycles. The third-order valence-electron chi connectivity index (χ3n) is 4.56. The molecule has 3 heterocycles. The molecule has 0 bridgehead atoms. The van der Waals surface area contributed by atoms with Gasteiger partial charge in [-0.15, -0.1) is 5.10 Å². The van der Waals surface area contributed by atoms with E-state index in [4.69, 9.17) is 11.6 Å². The van der Waals surface area contributed by atoms with E-state index in [1.807, 2.05) is 55.4 Å². The molecule has 0 saturated carbocycles. The van der Waals surface area contributed by atoms with E-state index in [2.05, 4.69) is 25.9 Å². The molecule has 1 aromatic carbocycles. The Labute approximate surface area is 167 Å². The van der Waals surface area contributed by atoms with Gasteiger partial charge in [-0.25, -0.2) is 9.67 Å². The van der Waals surface area contributed by atoms with Crippen molar-refractivity contribution in [1.29, 1.82) is 0 Å². The maximum atomic E-state index is 11.7. The molecule has 2 N–H and O–H groups in total. The molecule has 144 valence electrons. The number of rotatable bonds is 5. The monoisotopic (exact) mass is 397 g/mol. The van der Waals surface area contributed by atoms with Gasteiger partial charge in [-0.1, -0.05) is 35.0 Å². The predicted octanol–water partition coefficient (Wildman–Crippen LogP) is 2.68. The summed E-state index contributed by atoms with van der Waals surface area (Å²) in [5.41, 5.74) is 4.26. The Kier molecular flexibility index (Phi) is 4.87. The number of anilines is 3. The first-order chi connectivity index (χ1) is 13.5. The first-order valence-corrected chi connectivity index (χ1v) is 9.26. The minimum absolute atomic E-state index is 0.0317. The molecule has 4 rings (SSSR count). The molecule has 8 nitrogen and oxygen atoms in total. The third-order valence-corrected chi connectivity index (χ3v) is 4.93. The first-order valence-electron chi connectivity index (χ1n) is 8.88. The number of nitrogens with one attached hydrogen (secondary N) is 2. The molecule has 0 aliphatic carbocycles. The van der Waals surface area contributed by atoms with Gasteiger partial charge in [-0.05, 0) is 18.6 Å². The SMILES string of the molecule is Cc1nc(NCc2cn(Cc3ccccc3Cl)nn2)cc2c1NC(=O)CN2C. The number of nitrogens with zero attached hydrogens (tertiary/aromatic N) is 5. The van der Waals surface area contributed by atoms with Gasteiger partial charge < -0.3 is 15.5 Å². The second kappa shape index (κ2) is 7.47. The highest BCUT2D eigenvalue weighted by atomic mass is 35.5. The summed E-state index contributed by atoms with van der Waals surface area (Å²) in [6.07, 6.45) is 1.88. The molecule has 0 saturated heterocycles. The molecular weight excluding hydrogens is 378 g/mol. The van der Waals surface area contributed by atoms with Crippen LogP contribution in [0.3, 0.4) is 0 Å². The first kappa shape index (κ1) is 18.2. The molecule has 0 radical (unpaired) electrons. The van der Waals surface area contributed by atoms with E-state index in [0.29, 0.717) is 24.7 Å². The maximum absolute atomic E-state index is 11.7. The number of pyridine rings is 1. The fourth-order valence-corrected chi connectivity index (χ4v) is 3.36. The van der Waals surface area contributed by atoms with Gasteiger partial charge in [0.05, 0.1) is 42.9 Å². The summed E-state index contributed by atoms with van der Waals surface area (Å²) in [5, 5.41) is 15.2. The average Bonchev–Trinajstić information content (AvgIpc) is 3.10. The van der Waals surface area contributed by atoms with Crippen LogP contribution >= 0.6 is 11.6 Å². The summed E-state index contributed by atoms with van der Waals surface area (Å²) in [5.74, 6) is 0.690. The van der Waals surface area contributed by atoms with Crippen LogP contribution in [0.1, 0.15) is 17.0 Å². The highest BCUT2D eigenvalue weighted by molar-refractivity contribution is 6.31. The summed E-state index contributed by atoms with van der Waals surface area (Å²) in [6.45, 7) is 3.26. The van der Waals surface area contributed by atoms with Gasteiger partial charge >= 0.3 is 0 Å². The summed E-state index contributed by atoms with van der Waals surface area (Å²) >= 11 is 6.20. The largest absolute Gasteiger partial charge is 0.364 e. The Bertz CT molecular complexity index is 1030. The average molecular weight is 398 g/mol. The number of aromatic nitrogens is 4. The number of aryl methyl sites for hydroxylation is 1. The van der Waals surface area contributed by atoms with E-state index in [9.17, 15) is 4.79 Å². The molecule has 3 aromatic rings. The zero-order valence-electron chi connectivity index (χ0n) is 15.6. The van der Waals surface area contributed by atoms with Crippen LogP contribution < -0.4 is 15.5 Å². The lowest BCUT2D eigenvalue weighted by Gasteiger charge is -2.28. The fourth-order valence-electron chi connectivity index (χ4n) is 3.16. The smallest absolute Gasteiger partial charge is 0.243 e. The van der Waals surface area contributed by atoms with Gasteiger partial charge in [0.15, 0.2) is 0 Å². The number of likely N-dealkylation sites (N-methyl/N-ethyl adjacent to an activating group) is 1. The summed E-state index contributed by atoms with van der Waals surface area (Å²) in [4.78, 5) is 18.2. The second-order valence-corrected chi connectivity index (χ2v) is 7.15. The van der Waals surface area contributed by atoms with Crippen LogP contribution in [0.25, 0.3) is 0 Å². The van der Waals surface area contributed by atoms with Crippen LogP contribution in [0.4, 0.5) is 17.2 Å². The van der Waals surface area contributed by atoms with E-state index < -0.39 is 0 Å². The topological polar surface area (TPSA) is 88.0 Å². The van der Waals surface area contributed by atoms with Crippen LogP contribution in [0, 0.1) is 6.92 Å². The van der Waals surface area contributed by atoms with Crippen molar-refractivity contribution < 1.29 is 4.79 Å². The number of carbonyl (C=O) groups excluding carboxylic acids is 1. The Morgan fingerprint density at radius 2 is 2.14 bits per heavy atom. The number of hydrogen-bond acceptors (Lipinski definition) is 6. The Morgan fingerprint density at radius 3 is 2.96 bits per heavy atom. The van der Waals surface area contributed by atoms with E-state index >= 15 is 0 Å². The quantitative estimate of drug-likeness (QED) is 0.688. The number of fused-ring (bicyclic) bond motifs is 1. The van der Waals surface area contributed by atoms with Crippen molar-refractivity contribution in [3.63, 3.8) is 0 Å². The summed E-state index contributed by atoms with van der Waals surface area (Å²) < 4.78 is 1.76. The Balaban J connectivity index is 1.45. The number of halogens is 1. The number of carbonyl (C=O) groups is 1. The van der Waals surface area contributed by atoms with Gasteiger partial charge in [-0.2, -0.15) is 0 Å². The van der Waals surface area contributed by atoms with Crippen LogP contribution in [0.2, 0.25) is 5.02 Å². The minimum Gasteiger partial charge on any atom is -0.364 e. The lowest BCUT2D eigenvalue weighted by Crippen LogP contribution is -2.36. The Morgan fingerprint density at radius 1 is 1.32 bits per heavy atom. The normalized spacial score (nSPS) is 13.2. The molecule has 2 aromatic heterocycles. The van der Waals surface area contributed by atoms with Crippen molar-refractivity contribution in [2.24, 2.45) is 0 Å². The van der Waals surface area contributed by atoms with E-state index in [1.54, 1.807) is 4.68 Å². The number of amides is 1. The zero-order valence-corrected chi connectivity index (χ0v) is 16.4. The van der Waals surface area contributed by atoms with Crippen molar-refractivity contribution >= 4 is 34.7 Å². The van der Waals surface area contributed by atoms with Gasteiger partial charge in [-0.3, -0.25) is 4.79 Å². The van der Waals surface area contributed by atoms with E-state index in [1.165, 1.54) is 0 Å². The zero-order chi connectivity index (χ0) is 19.7. The van der Waals surface area contributed by atoms with Crippen molar-refractivity contribution in [3.8, 4) is 0 Å². The van der Waals surface area contributed by atoms with Gasteiger partial charge in [0.25, 0.3) is 0 Å². The molecule has 1 aliphatic rings. The standard InChI is InChI=1S/C19H20ClN7O/c1-12-19-16(26(2)11-18(28)23-19)7-17(22-12)21-8-14-10-27(25-24-14)9-13-5-3-4-6-15(13)20/h3-7,10H,8-9,11H2,1-2H3,(H,21,22)(H,23,28). The van der Waals surface area contributed by atoms with Crippen LogP contribution in [-0.4, -0.2) is 39.5 Å². The highest BCUT2D eigenvalue weighted by Crippen LogP contribution is 2.32. The van der Waals surface area contributed by atoms with E-state index in [-0.39, 0.29) is 5.91 Å². The molecule has 0 fully saturated rings. The van der Waals surface area contributed by atoms with Crippen molar-refractivity contribution in [1.82, 2.24) is 20.0 Å². The molecule has 0 atom stereocenters. The number of benzene rings is 1. The van der Waals surface area contributed by atoms with E-state index in [0.717, 1.165) is 34.1 Å². The molecular formula is C19H20ClN7O. The third kappa shape index (κ3) is 3.77. The lowest BCUT2D eigenvalue weighted by atomic mass is 10.2. The van der Waals surface area contributed by atoms with Crippen LogP contribution in [0.15, 0.2) is 36.5 Å². The molecule has 9 heteroatoms. The predicted molar refractivity (Wildman–Crippen MR) is 109 cm³/mol. The van der Waals surface area contributed by atoms with Crippen LogP contribution in [-0.2, 0) is 17.9 Å². The molecule has 28 heavy (non-hydrogen) atoms.